The van der Waals surface area contributed by atoms with E-state index in [9.17, 15) is 13.6 Å². The van der Waals surface area contributed by atoms with Crippen molar-refractivity contribution in [2.24, 2.45) is 4.99 Å². The lowest BCUT2D eigenvalue weighted by molar-refractivity contribution is 0.00249. The number of alkyl halides is 2. The summed E-state index contributed by atoms with van der Waals surface area (Å²) in [6.07, 6.45) is -2.15. The molecule has 3 aliphatic rings. The van der Waals surface area contributed by atoms with Crippen LogP contribution in [-0.2, 0) is 4.74 Å². The first kappa shape index (κ1) is 21.4. The van der Waals surface area contributed by atoms with E-state index in [1.807, 2.05) is 6.07 Å². The number of halogens is 2. The second-order valence-electron chi connectivity index (χ2n) is 8.20. The van der Waals surface area contributed by atoms with Crippen LogP contribution in [0.2, 0.25) is 0 Å². The summed E-state index contributed by atoms with van der Waals surface area (Å²) >= 11 is 0. The Morgan fingerprint density at radius 2 is 2.19 bits per heavy atom. The number of rotatable bonds is 5. The minimum atomic E-state index is -2.90. The summed E-state index contributed by atoms with van der Waals surface area (Å²) in [5.74, 6) is 1.32. The van der Waals surface area contributed by atoms with Crippen molar-refractivity contribution in [2.75, 3.05) is 24.5 Å². The number of cyclic esters (lactones) is 1. The van der Waals surface area contributed by atoms with Gasteiger partial charge in [-0.1, -0.05) is 6.58 Å². The van der Waals surface area contributed by atoms with Crippen molar-refractivity contribution < 1.29 is 18.3 Å². The van der Waals surface area contributed by atoms with Crippen LogP contribution in [0.5, 0.6) is 0 Å². The van der Waals surface area contributed by atoms with Crippen LogP contribution in [0.25, 0.3) is 5.57 Å². The van der Waals surface area contributed by atoms with Crippen LogP contribution in [0, 0.1) is 0 Å². The molecule has 2 aliphatic heterocycles. The van der Waals surface area contributed by atoms with Crippen molar-refractivity contribution in [3.8, 4) is 0 Å². The van der Waals surface area contributed by atoms with Crippen LogP contribution in [-0.4, -0.2) is 55.1 Å². The summed E-state index contributed by atoms with van der Waals surface area (Å²) in [5, 5.41) is 5.84. The Kier molecular flexibility index (Phi) is 6.04. The van der Waals surface area contributed by atoms with Gasteiger partial charge >= 0.3 is 6.09 Å². The topological polar surface area (TPSA) is 78.8 Å². The maximum atomic E-state index is 13.8. The van der Waals surface area contributed by atoms with Gasteiger partial charge < -0.3 is 15.0 Å². The number of allylic oxidation sites excluding steroid dienone is 1. The standard InChI is InChI=1S/C22H27F2N5O2/c1-4-25-21-18(19(20(23)24)31-22(30)28-21)13(3)16-9-15(14-5-6-14)10-17(27-16)29-8-7-26-12(2)11-29/h4,9-10,12,14,19-20,26H,1,5-8,11H2,2-3H3,(H,25,28,30)/b18-13+/t12-,19?/m0/s1. The number of alkyl carbamates (subject to hydrolysis) is 1. The highest BCUT2D eigenvalue weighted by atomic mass is 19.3. The van der Waals surface area contributed by atoms with Crippen molar-refractivity contribution in [3.63, 3.8) is 0 Å². The predicted molar refractivity (Wildman–Crippen MR) is 116 cm³/mol. The van der Waals surface area contributed by atoms with E-state index in [-0.39, 0.29) is 11.4 Å². The van der Waals surface area contributed by atoms with Crippen LogP contribution in [0.1, 0.15) is 43.9 Å². The molecule has 0 radical (unpaired) electrons. The van der Waals surface area contributed by atoms with Gasteiger partial charge in [0.2, 0.25) is 0 Å². The summed E-state index contributed by atoms with van der Waals surface area (Å²) in [7, 11) is 0. The monoisotopic (exact) mass is 431 g/mol. The number of aromatic nitrogens is 1. The highest BCUT2D eigenvalue weighted by molar-refractivity contribution is 6.13. The van der Waals surface area contributed by atoms with E-state index in [1.165, 1.54) is 6.20 Å². The summed E-state index contributed by atoms with van der Waals surface area (Å²) in [5.41, 5.74) is 2.36. The van der Waals surface area contributed by atoms with Crippen molar-refractivity contribution in [1.29, 1.82) is 0 Å². The van der Waals surface area contributed by atoms with E-state index in [4.69, 9.17) is 9.72 Å². The number of nitrogens with zero attached hydrogens (tertiary/aromatic N) is 3. The first-order chi connectivity index (χ1) is 14.9. The van der Waals surface area contributed by atoms with Crippen molar-refractivity contribution >= 4 is 23.3 Å². The molecule has 1 aromatic heterocycles. The van der Waals surface area contributed by atoms with Crippen LogP contribution in [0.15, 0.2) is 35.5 Å². The van der Waals surface area contributed by atoms with Gasteiger partial charge in [-0.05, 0) is 55.9 Å². The third-order valence-corrected chi connectivity index (χ3v) is 5.81. The second-order valence-corrected chi connectivity index (χ2v) is 8.20. The van der Waals surface area contributed by atoms with Crippen LogP contribution in [0.4, 0.5) is 19.4 Å². The molecule has 166 valence electrons. The first-order valence-corrected chi connectivity index (χ1v) is 10.5. The lowest BCUT2D eigenvalue weighted by atomic mass is 9.97. The predicted octanol–water partition coefficient (Wildman–Crippen LogP) is 3.45. The zero-order valence-corrected chi connectivity index (χ0v) is 17.7. The van der Waals surface area contributed by atoms with E-state index in [0.717, 1.165) is 43.9 Å². The lowest BCUT2D eigenvalue weighted by Gasteiger charge is -2.33. The number of aliphatic imine (C=N–C) groups is 1. The highest BCUT2D eigenvalue weighted by Crippen LogP contribution is 2.42. The van der Waals surface area contributed by atoms with E-state index in [2.05, 4.69) is 40.1 Å². The minimum absolute atomic E-state index is 0.0185. The fraction of sp³-hybridized carbons (Fsp3) is 0.500. The van der Waals surface area contributed by atoms with Gasteiger partial charge in [-0.15, -0.1) is 0 Å². The number of anilines is 1. The molecule has 3 fully saturated rings. The molecule has 2 saturated heterocycles. The SMILES string of the molecule is C=CN=C1NC(=O)OC(C(F)F)/C1=C(/C)c1cc(C2CC2)cc(N2CCN[C@@H](C)C2)n1. The number of ether oxygens (including phenoxy) is 1. The largest absolute Gasteiger partial charge is 0.435 e. The fourth-order valence-corrected chi connectivity index (χ4v) is 4.09. The third-order valence-electron chi connectivity index (χ3n) is 5.81. The van der Waals surface area contributed by atoms with Gasteiger partial charge in [0, 0.05) is 37.4 Å². The number of carbonyl (C=O) groups is 1. The summed E-state index contributed by atoms with van der Waals surface area (Å²) < 4.78 is 32.5. The quantitative estimate of drug-likeness (QED) is 0.747. The molecule has 2 N–H and O–H groups in total. The molecular formula is C22H27F2N5O2. The number of hydrogen-bond acceptors (Lipinski definition) is 6. The number of hydrogen-bond donors (Lipinski definition) is 2. The van der Waals surface area contributed by atoms with Gasteiger partial charge in [0.25, 0.3) is 6.43 Å². The van der Waals surface area contributed by atoms with Crippen LogP contribution < -0.4 is 15.5 Å². The number of piperazine rings is 1. The average molecular weight is 431 g/mol. The normalized spacial score (nSPS) is 27.2. The third kappa shape index (κ3) is 4.61. The molecule has 0 spiro atoms. The van der Waals surface area contributed by atoms with Gasteiger partial charge in [-0.25, -0.2) is 23.6 Å². The Morgan fingerprint density at radius 3 is 2.84 bits per heavy atom. The number of amidine groups is 1. The Balaban J connectivity index is 1.82. The maximum Gasteiger partial charge on any atom is 0.413 e. The minimum Gasteiger partial charge on any atom is -0.435 e. The summed E-state index contributed by atoms with van der Waals surface area (Å²) in [6.45, 7) is 9.86. The highest BCUT2D eigenvalue weighted by Gasteiger charge is 2.39. The molecule has 31 heavy (non-hydrogen) atoms. The first-order valence-electron chi connectivity index (χ1n) is 10.5. The number of nitrogens with one attached hydrogen (secondary N) is 2. The zero-order chi connectivity index (χ0) is 22.1. The molecule has 9 heteroatoms. The van der Waals surface area contributed by atoms with Gasteiger partial charge in [-0.2, -0.15) is 0 Å². The molecule has 3 heterocycles. The summed E-state index contributed by atoms with van der Waals surface area (Å²) in [4.78, 5) is 22.8. The van der Waals surface area contributed by atoms with E-state index >= 15 is 0 Å². The molecule has 1 saturated carbocycles. The number of amides is 1. The Labute approximate surface area is 180 Å². The lowest BCUT2D eigenvalue weighted by Crippen LogP contribution is -2.49. The molecule has 1 aromatic rings. The molecule has 0 bridgehead atoms. The molecule has 0 aromatic carbocycles. The molecule has 1 amide bonds. The van der Waals surface area contributed by atoms with Gasteiger partial charge in [0.05, 0.1) is 5.69 Å². The van der Waals surface area contributed by atoms with Gasteiger partial charge in [-0.3, -0.25) is 5.32 Å². The van der Waals surface area contributed by atoms with Crippen molar-refractivity contribution in [3.05, 3.63) is 41.7 Å². The molecule has 1 aliphatic carbocycles. The fourth-order valence-electron chi connectivity index (χ4n) is 4.09. The van der Waals surface area contributed by atoms with Crippen LogP contribution in [0.3, 0.4) is 0 Å². The van der Waals surface area contributed by atoms with Gasteiger partial charge in [0.1, 0.15) is 11.7 Å². The Hall–Kier alpha value is -2.81. The van der Waals surface area contributed by atoms with E-state index in [1.54, 1.807) is 6.92 Å². The van der Waals surface area contributed by atoms with Crippen molar-refractivity contribution in [2.45, 2.75) is 51.2 Å². The van der Waals surface area contributed by atoms with E-state index < -0.39 is 18.6 Å². The molecular weight excluding hydrogens is 404 g/mol. The Bertz CT molecular complexity index is 942. The average Bonchev–Trinajstić information content (AvgIpc) is 3.58. The van der Waals surface area contributed by atoms with Gasteiger partial charge in [0.15, 0.2) is 6.10 Å². The molecule has 7 nitrogen and oxygen atoms in total. The molecule has 2 atom stereocenters. The van der Waals surface area contributed by atoms with E-state index in [0.29, 0.717) is 23.2 Å². The van der Waals surface area contributed by atoms with Crippen LogP contribution >= 0.6 is 0 Å². The Morgan fingerprint density at radius 1 is 1.42 bits per heavy atom. The van der Waals surface area contributed by atoms with Crippen molar-refractivity contribution in [1.82, 2.24) is 15.6 Å². The zero-order valence-electron chi connectivity index (χ0n) is 17.7. The second kappa shape index (κ2) is 8.74. The number of carbonyl (C=O) groups excluding carboxylic acids is 1. The molecule has 4 rings (SSSR count). The smallest absolute Gasteiger partial charge is 0.413 e. The molecule has 1 unspecified atom stereocenters. The summed E-state index contributed by atoms with van der Waals surface area (Å²) in [6, 6.07) is 4.40. The number of pyridine rings is 1. The maximum absolute atomic E-state index is 13.8.